The predicted octanol–water partition coefficient (Wildman–Crippen LogP) is 3.14. The van der Waals surface area contributed by atoms with Gasteiger partial charge >= 0.3 is 5.97 Å². The third kappa shape index (κ3) is 5.41. The molecule has 41 heavy (non-hydrogen) atoms. The number of carbonyl (C=O) groups excluding carboxylic acids is 3. The van der Waals surface area contributed by atoms with E-state index in [2.05, 4.69) is 5.32 Å². The summed E-state index contributed by atoms with van der Waals surface area (Å²) in [4.78, 5) is 52.6. The number of nitrogens with zero attached hydrogens (tertiary/aromatic N) is 3. The van der Waals surface area contributed by atoms with Crippen molar-refractivity contribution in [2.45, 2.75) is 39.3 Å². The Morgan fingerprint density at radius 1 is 1.02 bits per heavy atom. The molecule has 10 heteroatoms. The summed E-state index contributed by atoms with van der Waals surface area (Å²) in [5, 5.41) is 4.28. The van der Waals surface area contributed by atoms with Gasteiger partial charge in [0.2, 0.25) is 0 Å². The fraction of sp³-hybridized carbons (Fsp3) is 0.355. The van der Waals surface area contributed by atoms with E-state index in [1.807, 2.05) is 55.5 Å². The highest BCUT2D eigenvalue weighted by Gasteiger charge is 2.30. The number of likely N-dealkylation sites (tertiary alicyclic amines) is 1. The van der Waals surface area contributed by atoms with Crippen LogP contribution in [-0.2, 0) is 27.9 Å². The Morgan fingerprint density at radius 2 is 1.71 bits per heavy atom. The van der Waals surface area contributed by atoms with E-state index in [9.17, 15) is 19.2 Å². The van der Waals surface area contributed by atoms with Crippen molar-refractivity contribution in [3.05, 3.63) is 75.7 Å². The topological polar surface area (TPSA) is 112 Å². The fourth-order valence-corrected chi connectivity index (χ4v) is 5.59. The second-order valence-electron chi connectivity index (χ2n) is 10.5. The van der Waals surface area contributed by atoms with Gasteiger partial charge < -0.3 is 28.8 Å². The summed E-state index contributed by atoms with van der Waals surface area (Å²) in [6.07, 6.45) is 1.10. The van der Waals surface area contributed by atoms with Crippen LogP contribution in [-0.4, -0.2) is 64.7 Å². The Balaban J connectivity index is 1.47. The molecule has 1 fully saturated rings. The lowest BCUT2D eigenvalue weighted by atomic mass is 10.0. The molecule has 1 saturated heterocycles. The van der Waals surface area contributed by atoms with Gasteiger partial charge in [0.1, 0.15) is 5.39 Å². The number of methoxy groups -OCH3 is 1. The van der Waals surface area contributed by atoms with Crippen molar-refractivity contribution in [3.8, 4) is 5.75 Å². The van der Waals surface area contributed by atoms with Crippen LogP contribution in [0.3, 0.4) is 0 Å². The predicted molar refractivity (Wildman–Crippen MR) is 155 cm³/mol. The van der Waals surface area contributed by atoms with Gasteiger partial charge in [-0.25, -0.2) is 0 Å². The number of hydrogen-bond acceptors (Lipinski definition) is 6. The van der Waals surface area contributed by atoms with Gasteiger partial charge in [0.15, 0.2) is 18.1 Å². The van der Waals surface area contributed by atoms with Gasteiger partial charge in [-0.1, -0.05) is 48.0 Å². The molecule has 1 aliphatic heterocycles. The minimum Gasteiger partial charge on any atom is -0.493 e. The first-order valence-corrected chi connectivity index (χ1v) is 13.6. The fourth-order valence-electron chi connectivity index (χ4n) is 5.59. The molecule has 0 aliphatic carbocycles. The zero-order chi connectivity index (χ0) is 29.3. The summed E-state index contributed by atoms with van der Waals surface area (Å²) in [5.41, 5.74) is 3.58. The van der Waals surface area contributed by atoms with Crippen LogP contribution in [0.2, 0.25) is 0 Å². The van der Waals surface area contributed by atoms with Gasteiger partial charge in [-0.15, -0.1) is 0 Å². The monoisotopic (exact) mass is 558 g/mol. The van der Waals surface area contributed by atoms with E-state index in [-0.39, 0.29) is 41.5 Å². The van der Waals surface area contributed by atoms with E-state index in [0.29, 0.717) is 43.4 Å². The molecule has 2 aromatic carbocycles. The number of esters is 1. The maximum Gasteiger partial charge on any atom is 0.303 e. The van der Waals surface area contributed by atoms with Crippen molar-refractivity contribution in [2.75, 3.05) is 26.8 Å². The lowest BCUT2D eigenvalue weighted by Gasteiger charge is -2.32. The molecule has 1 aliphatic rings. The van der Waals surface area contributed by atoms with Crippen LogP contribution in [0.25, 0.3) is 21.8 Å². The van der Waals surface area contributed by atoms with Crippen LogP contribution in [0, 0.1) is 6.92 Å². The molecule has 0 saturated carbocycles. The molecule has 2 amide bonds. The van der Waals surface area contributed by atoms with E-state index in [0.717, 1.165) is 22.0 Å². The number of ether oxygens (including phenoxy) is 2. The van der Waals surface area contributed by atoms with Gasteiger partial charge in [-0.05, 0) is 31.4 Å². The molecular weight excluding hydrogens is 524 g/mol. The molecular formula is C31H34N4O6. The molecule has 0 spiro atoms. The number of aryl methyl sites for hydroxylation is 2. The molecule has 2 aromatic heterocycles. The second-order valence-corrected chi connectivity index (χ2v) is 10.5. The van der Waals surface area contributed by atoms with Crippen molar-refractivity contribution in [1.29, 1.82) is 0 Å². The van der Waals surface area contributed by atoms with Gasteiger partial charge in [0.05, 0.1) is 24.7 Å². The van der Waals surface area contributed by atoms with Gasteiger partial charge in [0, 0.05) is 38.5 Å². The highest BCUT2D eigenvalue weighted by Crippen LogP contribution is 2.35. The molecule has 214 valence electrons. The number of amides is 2. The van der Waals surface area contributed by atoms with E-state index < -0.39 is 5.97 Å². The van der Waals surface area contributed by atoms with E-state index in [1.54, 1.807) is 21.1 Å². The smallest absolute Gasteiger partial charge is 0.303 e. The van der Waals surface area contributed by atoms with Gasteiger partial charge in [0.25, 0.3) is 17.4 Å². The number of rotatable bonds is 7. The van der Waals surface area contributed by atoms with E-state index in [1.165, 1.54) is 14.0 Å². The van der Waals surface area contributed by atoms with Gasteiger partial charge in [-0.2, -0.15) is 0 Å². The lowest BCUT2D eigenvalue weighted by molar-refractivity contribution is -0.150. The Labute approximate surface area is 237 Å². The zero-order valence-corrected chi connectivity index (χ0v) is 23.7. The van der Waals surface area contributed by atoms with Crippen LogP contribution in [0.1, 0.15) is 41.4 Å². The standard InChI is InChI=1S/C31H34N4O6/c1-19-9-11-21(12-10-19)17-35-24-8-6-5-7-23(24)27-26(31(35)39)29(40-4)28(33(27)3)30(38)32-22-13-15-34(16-14-22)25(37)18-41-20(2)36/h5-12,22H,13-18H2,1-4H3,(H,32,38). The van der Waals surface area contributed by atoms with Crippen LogP contribution in [0.15, 0.2) is 53.3 Å². The Bertz CT molecular complexity index is 1690. The highest BCUT2D eigenvalue weighted by molar-refractivity contribution is 6.12. The third-order valence-electron chi connectivity index (χ3n) is 7.72. The van der Waals surface area contributed by atoms with Crippen molar-refractivity contribution in [1.82, 2.24) is 19.4 Å². The van der Waals surface area contributed by atoms with Crippen molar-refractivity contribution < 1.29 is 23.9 Å². The number of aromatic nitrogens is 2. The Hall–Kier alpha value is -4.60. The van der Waals surface area contributed by atoms with E-state index in [4.69, 9.17) is 9.47 Å². The summed E-state index contributed by atoms with van der Waals surface area (Å²) >= 11 is 0. The normalized spacial score (nSPS) is 13.9. The SMILES string of the molecule is COc1c(C(=O)NC2CCN(C(=O)COC(C)=O)CC2)n(C)c2c1c(=O)n(Cc1ccc(C)cc1)c1ccccc21. The molecule has 0 bridgehead atoms. The number of para-hydroxylation sites is 1. The number of piperidine rings is 1. The van der Waals surface area contributed by atoms with E-state index >= 15 is 0 Å². The first-order chi connectivity index (χ1) is 19.7. The Kier molecular flexibility index (Phi) is 7.83. The molecule has 1 N–H and O–H groups in total. The average molecular weight is 559 g/mol. The number of carbonyl (C=O) groups is 3. The molecule has 0 atom stereocenters. The highest BCUT2D eigenvalue weighted by atomic mass is 16.5. The number of benzene rings is 2. The van der Waals surface area contributed by atoms with Crippen LogP contribution in [0.5, 0.6) is 5.75 Å². The molecule has 0 radical (unpaired) electrons. The maximum absolute atomic E-state index is 14.0. The number of hydrogen-bond donors (Lipinski definition) is 1. The summed E-state index contributed by atoms with van der Waals surface area (Å²) in [5.74, 6) is -0.866. The number of fused-ring (bicyclic) bond motifs is 3. The number of nitrogens with one attached hydrogen (secondary N) is 1. The van der Waals surface area contributed by atoms with Crippen molar-refractivity contribution in [2.24, 2.45) is 7.05 Å². The summed E-state index contributed by atoms with van der Waals surface area (Å²) < 4.78 is 14.0. The summed E-state index contributed by atoms with van der Waals surface area (Å²) in [6.45, 7) is 4.25. The lowest BCUT2D eigenvalue weighted by Crippen LogP contribution is -2.47. The number of pyridine rings is 1. The first kappa shape index (κ1) is 27.9. The van der Waals surface area contributed by atoms with Gasteiger partial charge in [-0.3, -0.25) is 19.2 Å². The van der Waals surface area contributed by atoms with Crippen molar-refractivity contribution in [3.63, 3.8) is 0 Å². The summed E-state index contributed by atoms with van der Waals surface area (Å²) in [7, 11) is 3.24. The quantitative estimate of drug-likeness (QED) is 0.349. The average Bonchev–Trinajstić information content (AvgIpc) is 3.27. The van der Waals surface area contributed by atoms with Crippen LogP contribution in [0.4, 0.5) is 0 Å². The summed E-state index contributed by atoms with van der Waals surface area (Å²) in [6, 6.07) is 15.6. The molecule has 0 unspecified atom stereocenters. The van der Waals surface area contributed by atoms with Crippen molar-refractivity contribution >= 4 is 39.6 Å². The molecule has 5 rings (SSSR count). The largest absolute Gasteiger partial charge is 0.493 e. The molecule has 4 aromatic rings. The molecule has 10 nitrogen and oxygen atoms in total. The minimum atomic E-state index is -0.501. The second kappa shape index (κ2) is 11.5. The minimum absolute atomic E-state index is 0.169. The first-order valence-electron chi connectivity index (χ1n) is 13.6. The molecule has 3 heterocycles. The van der Waals surface area contributed by atoms with Crippen LogP contribution < -0.4 is 15.6 Å². The Morgan fingerprint density at radius 3 is 2.37 bits per heavy atom. The van der Waals surface area contributed by atoms with Crippen LogP contribution >= 0.6 is 0 Å². The maximum atomic E-state index is 14.0. The third-order valence-corrected chi connectivity index (χ3v) is 7.72. The zero-order valence-electron chi connectivity index (χ0n) is 23.7.